The van der Waals surface area contributed by atoms with Gasteiger partial charge >= 0.3 is 12.0 Å². The second-order valence-corrected chi connectivity index (χ2v) is 4.21. The van der Waals surface area contributed by atoms with Gasteiger partial charge in [-0.05, 0) is 24.5 Å². The molecule has 1 aliphatic heterocycles. The number of carboxylic acids is 1. The molecule has 18 heavy (non-hydrogen) atoms. The van der Waals surface area contributed by atoms with Crippen LogP contribution in [0, 0.1) is 0 Å². The highest BCUT2D eigenvalue weighted by atomic mass is 16.4. The summed E-state index contributed by atoms with van der Waals surface area (Å²) < 4.78 is 0. The minimum Gasteiger partial charge on any atom is -0.480 e. The number of hydrogen-bond donors (Lipinski definition) is 2. The summed E-state index contributed by atoms with van der Waals surface area (Å²) in [6.07, 6.45) is 4.58. The molecule has 1 atom stereocenters. The normalized spacial score (nSPS) is 18.7. The number of nitrogens with zero attached hydrogens (tertiary/aromatic N) is 2. The van der Waals surface area contributed by atoms with E-state index in [9.17, 15) is 9.59 Å². The molecule has 6 heteroatoms. The van der Waals surface area contributed by atoms with Crippen molar-refractivity contribution in [2.75, 3.05) is 6.54 Å². The number of carbonyl (C=O) groups excluding carboxylic acids is 1. The number of carbonyl (C=O) groups is 2. The summed E-state index contributed by atoms with van der Waals surface area (Å²) in [6.45, 7) is 0.853. The highest BCUT2D eigenvalue weighted by molar-refractivity contribution is 5.83. The van der Waals surface area contributed by atoms with E-state index in [2.05, 4.69) is 10.3 Å². The Morgan fingerprint density at radius 1 is 1.56 bits per heavy atom. The highest BCUT2D eigenvalue weighted by Gasteiger charge is 2.33. The molecular weight excluding hydrogens is 234 g/mol. The van der Waals surface area contributed by atoms with Crippen molar-refractivity contribution in [3.05, 3.63) is 30.1 Å². The van der Waals surface area contributed by atoms with Gasteiger partial charge in [0.15, 0.2) is 0 Å². The van der Waals surface area contributed by atoms with E-state index in [0.717, 1.165) is 12.0 Å². The fourth-order valence-corrected chi connectivity index (χ4v) is 2.05. The number of pyridine rings is 1. The maximum absolute atomic E-state index is 11.9. The van der Waals surface area contributed by atoms with E-state index in [1.807, 2.05) is 6.07 Å². The third-order valence-corrected chi connectivity index (χ3v) is 2.97. The molecule has 2 amide bonds. The Labute approximate surface area is 105 Å². The molecule has 0 bridgehead atoms. The van der Waals surface area contributed by atoms with E-state index in [4.69, 9.17) is 5.11 Å². The van der Waals surface area contributed by atoms with Crippen LogP contribution < -0.4 is 5.32 Å². The number of aromatic nitrogens is 1. The van der Waals surface area contributed by atoms with Crippen molar-refractivity contribution in [1.29, 1.82) is 0 Å². The zero-order valence-electron chi connectivity index (χ0n) is 9.87. The predicted molar refractivity (Wildman–Crippen MR) is 63.8 cm³/mol. The lowest BCUT2D eigenvalue weighted by Gasteiger charge is -2.21. The van der Waals surface area contributed by atoms with Gasteiger partial charge in [-0.2, -0.15) is 0 Å². The smallest absolute Gasteiger partial charge is 0.326 e. The second kappa shape index (κ2) is 5.48. The van der Waals surface area contributed by atoms with Gasteiger partial charge in [0.05, 0.1) is 0 Å². The van der Waals surface area contributed by atoms with Gasteiger partial charge in [-0.1, -0.05) is 6.07 Å². The molecule has 1 fully saturated rings. The summed E-state index contributed by atoms with van der Waals surface area (Å²) in [5.41, 5.74) is 0.886. The molecule has 1 aliphatic rings. The lowest BCUT2D eigenvalue weighted by atomic mass is 10.2. The van der Waals surface area contributed by atoms with Gasteiger partial charge in [-0.3, -0.25) is 4.98 Å². The molecule has 0 aliphatic carbocycles. The van der Waals surface area contributed by atoms with E-state index in [1.165, 1.54) is 4.90 Å². The Bertz CT molecular complexity index is 435. The number of nitrogens with one attached hydrogen (secondary N) is 1. The molecule has 1 unspecified atom stereocenters. The number of rotatable bonds is 3. The summed E-state index contributed by atoms with van der Waals surface area (Å²) in [4.78, 5) is 28.1. The SMILES string of the molecule is O=C(O)C1CCCN1C(=O)NCc1cccnc1. The minimum atomic E-state index is -0.941. The van der Waals surface area contributed by atoms with Crippen LogP contribution in [0.3, 0.4) is 0 Å². The maximum Gasteiger partial charge on any atom is 0.326 e. The van der Waals surface area contributed by atoms with Gasteiger partial charge < -0.3 is 15.3 Å². The number of hydrogen-bond acceptors (Lipinski definition) is 3. The number of amides is 2. The van der Waals surface area contributed by atoms with Crippen molar-refractivity contribution in [2.45, 2.75) is 25.4 Å². The van der Waals surface area contributed by atoms with Crippen LogP contribution in [0.5, 0.6) is 0 Å². The molecule has 2 rings (SSSR count). The zero-order valence-corrected chi connectivity index (χ0v) is 9.87. The monoisotopic (exact) mass is 249 g/mol. The number of aliphatic carboxylic acids is 1. The molecule has 1 aromatic heterocycles. The maximum atomic E-state index is 11.9. The molecule has 2 N–H and O–H groups in total. The van der Waals surface area contributed by atoms with Gasteiger partial charge in [-0.25, -0.2) is 9.59 Å². The highest BCUT2D eigenvalue weighted by Crippen LogP contribution is 2.17. The summed E-state index contributed by atoms with van der Waals surface area (Å²) in [6, 6.07) is 2.62. The van der Waals surface area contributed by atoms with E-state index in [-0.39, 0.29) is 6.03 Å². The van der Waals surface area contributed by atoms with Gasteiger partial charge in [0, 0.05) is 25.5 Å². The number of urea groups is 1. The van der Waals surface area contributed by atoms with E-state index < -0.39 is 12.0 Å². The van der Waals surface area contributed by atoms with Gasteiger partial charge in [0.1, 0.15) is 6.04 Å². The zero-order chi connectivity index (χ0) is 13.0. The fraction of sp³-hybridized carbons (Fsp3) is 0.417. The number of likely N-dealkylation sites (tertiary alicyclic amines) is 1. The van der Waals surface area contributed by atoms with Crippen molar-refractivity contribution >= 4 is 12.0 Å². The largest absolute Gasteiger partial charge is 0.480 e. The van der Waals surface area contributed by atoms with Crippen molar-refractivity contribution < 1.29 is 14.7 Å². The lowest BCUT2D eigenvalue weighted by molar-refractivity contribution is -0.141. The van der Waals surface area contributed by atoms with Crippen LogP contribution in [0.4, 0.5) is 4.79 Å². The second-order valence-electron chi connectivity index (χ2n) is 4.21. The van der Waals surface area contributed by atoms with Crippen molar-refractivity contribution in [3.8, 4) is 0 Å². The molecule has 6 nitrogen and oxygen atoms in total. The molecule has 0 saturated carbocycles. The Balaban J connectivity index is 1.90. The first-order chi connectivity index (χ1) is 8.68. The lowest BCUT2D eigenvalue weighted by Crippen LogP contribution is -2.45. The van der Waals surface area contributed by atoms with Crippen LogP contribution >= 0.6 is 0 Å². The quantitative estimate of drug-likeness (QED) is 0.831. The van der Waals surface area contributed by atoms with E-state index in [1.54, 1.807) is 18.5 Å². The van der Waals surface area contributed by atoms with E-state index in [0.29, 0.717) is 19.5 Å². The van der Waals surface area contributed by atoms with Crippen LogP contribution in [-0.2, 0) is 11.3 Å². The van der Waals surface area contributed by atoms with Crippen molar-refractivity contribution in [3.63, 3.8) is 0 Å². The molecule has 1 saturated heterocycles. The van der Waals surface area contributed by atoms with Gasteiger partial charge in [0.2, 0.25) is 0 Å². The Morgan fingerprint density at radius 2 is 2.39 bits per heavy atom. The minimum absolute atomic E-state index is 0.330. The first kappa shape index (κ1) is 12.3. The first-order valence-electron chi connectivity index (χ1n) is 5.84. The molecule has 0 aromatic carbocycles. The topological polar surface area (TPSA) is 82.5 Å². The summed E-state index contributed by atoms with van der Waals surface area (Å²) in [5, 5.41) is 11.7. The predicted octanol–water partition coefficient (Wildman–Crippen LogP) is 0.840. The van der Waals surface area contributed by atoms with Crippen LogP contribution in [0.1, 0.15) is 18.4 Å². The standard InChI is InChI=1S/C12H15N3O3/c16-11(17)10-4-2-6-15(10)12(18)14-8-9-3-1-5-13-7-9/h1,3,5,7,10H,2,4,6,8H2,(H,14,18)(H,16,17). The first-order valence-corrected chi connectivity index (χ1v) is 5.84. The Kier molecular flexibility index (Phi) is 3.76. The molecule has 0 spiro atoms. The summed E-state index contributed by atoms with van der Waals surface area (Å²) in [5.74, 6) is -0.941. The molecule has 0 radical (unpaired) electrons. The van der Waals surface area contributed by atoms with Crippen LogP contribution in [0.15, 0.2) is 24.5 Å². The molecule has 96 valence electrons. The van der Waals surface area contributed by atoms with Crippen molar-refractivity contribution in [2.24, 2.45) is 0 Å². The van der Waals surface area contributed by atoms with Gasteiger partial charge in [0.25, 0.3) is 0 Å². The third-order valence-electron chi connectivity index (χ3n) is 2.97. The fourth-order valence-electron chi connectivity index (χ4n) is 2.05. The van der Waals surface area contributed by atoms with Crippen molar-refractivity contribution in [1.82, 2.24) is 15.2 Å². The molecule has 2 heterocycles. The van der Waals surface area contributed by atoms with Crippen LogP contribution in [-0.4, -0.2) is 39.6 Å². The summed E-state index contributed by atoms with van der Waals surface area (Å²) in [7, 11) is 0. The Morgan fingerprint density at radius 3 is 3.06 bits per heavy atom. The van der Waals surface area contributed by atoms with E-state index >= 15 is 0 Å². The third kappa shape index (κ3) is 2.77. The Hall–Kier alpha value is -2.11. The molecular formula is C12H15N3O3. The van der Waals surface area contributed by atoms with Gasteiger partial charge in [-0.15, -0.1) is 0 Å². The van der Waals surface area contributed by atoms with Crippen LogP contribution in [0.25, 0.3) is 0 Å². The number of carboxylic acid groups (broad SMARTS) is 1. The summed E-state index contributed by atoms with van der Waals surface area (Å²) >= 11 is 0. The molecule has 1 aromatic rings. The average Bonchev–Trinajstić information content (AvgIpc) is 2.86. The van der Waals surface area contributed by atoms with Crippen LogP contribution in [0.2, 0.25) is 0 Å². The average molecular weight is 249 g/mol.